The summed E-state index contributed by atoms with van der Waals surface area (Å²) >= 11 is 6.55. The molecule has 1 aromatic heterocycles. The molecule has 0 radical (unpaired) electrons. The van der Waals surface area contributed by atoms with E-state index in [4.69, 9.17) is 21.7 Å². The van der Waals surface area contributed by atoms with Crippen molar-refractivity contribution >= 4 is 46.5 Å². The molecule has 1 fully saturated rings. The number of amides is 2. The van der Waals surface area contributed by atoms with Crippen LogP contribution >= 0.6 is 23.6 Å². The number of hydrogen-bond donors (Lipinski definition) is 2. The normalized spacial score (nSPS) is 16.9. The van der Waals surface area contributed by atoms with Gasteiger partial charge in [0.15, 0.2) is 5.11 Å². The maximum atomic E-state index is 12.1. The highest BCUT2D eigenvalue weighted by Gasteiger charge is 2.34. The van der Waals surface area contributed by atoms with Gasteiger partial charge < -0.3 is 19.7 Å². The van der Waals surface area contributed by atoms with E-state index < -0.39 is 12.0 Å². The molecule has 0 saturated carbocycles. The third kappa shape index (κ3) is 5.48. The Balaban J connectivity index is 1.97. The molecule has 0 aromatic carbocycles. The minimum atomic E-state index is -0.820. The number of ether oxygens (including phenoxy) is 2. The molecule has 1 atom stereocenters. The zero-order valence-electron chi connectivity index (χ0n) is 13.6. The summed E-state index contributed by atoms with van der Waals surface area (Å²) in [7, 11) is 1.50. The van der Waals surface area contributed by atoms with Crippen molar-refractivity contribution in [1.29, 1.82) is 0 Å². The highest BCUT2D eigenvalue weighted by Crippen LogP contribution is 2.12. The van der Waals surface area contributed by atoms with Crippen LogP contribution in [0, 0.1) is 0 Å². The van der Waals surface area contributed by atoms with Crippen LogP contribution in [0.3, 0.4) is 0 Å². The Labute approximate surface area is 154 Å². The van der Waals surface area contributed by atoms with E-state index in [0.29, 0.717) is 18.0 Å². The molecule has 0 aliphatic carbocycles. The third-order valence-electron chi connectivity index (χ3n) is 3.47. The molecular weight excluding hydrogens is 366 g/mol. The second-order valence-corrected chi connectivity index (χ2v) is 6.49. The summed E-state index contributed by atoms with van der Waals surface area (Å²) in [5.41, 5.74) is 0. The summed E-state index contributed by atoms with van der Waals surface area (Å²) < 4.78 is 9.81. The van der Waals surface area contributed by atoms with E-state index in [9.17, 15) is 14.4 Å². The highest BCUT2D eigenvalue weighted by atomic mass is 32.1. The first-order valence-corrected chi connectivity index (χ1v) is 8.89. The zero-order chi connectivity index (χ0) is 18.2. The zero-order valence-corrected chi connectivity index (χ0v) is 15.3. The van der Waals surface area contributed by atoms with Crippen LogP contribution < -0.4 is 10.6 Å². The summed E-state index contributed by atoms with van der Waals surface area (Å²) in [4.78, 5) is 38.2. The van der Waals surface area contributed by atoms with Crippen LogP contribution in [0.15, 0.2) is 17.5 Å². The van der Waals surface area contributed by atoms with E-state index in [2.05, 4.69) is 10.6 Å². The number of methoxy groups -OCH3 is 1. The summed E-state index contributed by atoms with van der Waals surface area (Å²) in [5, 5.41) is 7.19. The van der Waals surface area contributed by atoms with E-state index in [1.54, 1.807) is 17.5 Å². The van der Waals surface area contributed by atoms with Crippen LogP contribution in [0.25, 0.3) is 0 Å². The minimum absolute atomic E-state index is 0.114. The average Bonchev–Trinajstić information content (AvgIpc) is 3.11. The van der Waals surface area contributed by atoms with Crippen LogP contribution in [0.1, 0.15) is 16.1 Å². The van der Waals surface area contributed by atoms with Crippen molar-refractivity contribution in [3.63, 3.8) is 0 Å². The maximum absolute atomic E-state index is 12.1. The molecule has 1 aliphatic heterocycles. The molecule has 1 aliphatic rings. The van der Waals surface area contributed by atoms with Crippen molar-refractivity contribution in [3.8, 4) is 0 Å². The molecule has 10 heteroatoms. The monoisotopic (exact) mass is 385 g/mol. The van der Waals surface area contributed by atoms with Crippen molar-refractivity contribution in [3.05, 3.63) is 22.4 Å². The Morgan fingerprint density at radius 3 is 2.96 bits per heavy atom. The molecule has 25 heavy (non-hydrogen) atoms. The van der Waals surface area contributed by atoms with Crippen molar-refractivity contribution in [2.45, 2.75) is 12.5 Å². The predicted octanol–water partition coefficient (Wildman–Crippen LogP) is 0.143. The molecule has 1 saturated heterocycles. The Hall–Kier alpha value is -2.04. The van der Waals surface area contributed by atoms with E-state index in [0.717, 1.165) is 0 Å². The lowest BCUT2D eigenvalue weighted by Gasteiger charge is -2.36. The number of thiophene rings is 1. The molecule has 2 N–H and O–H groups in total. The number of esters is 1. The second kappa shape index (κ2) is 9.44. The molecular formula is C15H19N3O5S2. The van der Waals surface area contributed by atoms with Gasteiger partial charge in [-0.05, 0) is 23.7 Å². The number of carbonyl (C=O) groups is 3. The van der Waals surface area contributed by atoms with Gasteiger partial charge in [-0.2, -0.15) is 0 Å². The Bertz CT molecular complexity index is 635. The fourth-order valence-electron chi connectivity index (χ4n) is 2.25. The van der Waals surface area contributed by atoms with Gasteiger partial charge in [-0.3, -0.25) is 19.7 Å². The number of piperazine rings is 1. The van der Waals surface area contributed by atoms with Gasteiger partial charge in [-0.15, -0.1) is 11.3 Å². The fraction of sp³-hybridized carbons (Fsp3) is 0.467. The van der Waals surface area contributed by atoms with Crippen LogP contribution in [0.4, 0.5) is 0 Å². The quantitative estimate of drug-likeness (QED) is 0.408. The number of nitrogens with one attached hydrogen (secondary N) is 2. The van der Waals surface area contributed by atoms with E-state index in [-0.39, 0.29) is 36.6 Å². The summed E-state index contributed by atoms with van der Waals surface area (Å²) in [6, 6.07) is 2.62. The first-order chi connectivity index (χ1) is 12.0. The third-order valence-corrected chi connectivity index (χ3v) is 4.67. The van der Waals surface area contributed by atoms with Gasteiger partial charge in [0.05, 0.1) is 17.9 Å². The Morgan fingerprint density at radius 2 is 2.28 bits per heavy atom. The standard InChI is InChI=1S/C15H19N3O5S2/c1-22-6-7-23-12(19)9-10-13(20)16-4-5-18(10)15(24)17-14(21)11-3-2-8-25-11/h2-3,8,10H,4-7,9H2,1H3,(H,16,20)(H,17,21,24). The van der Waals surface area contributed by atoms with Crippen LogP contribution in [-0.4, -0.2) is 67.3 Å². The first kappa shape index (κ1) is 19.3. The SMILES string of the molecule is COCCOC(=O)CC1C(=O)NCCN1C(=S)NC(=O)c1cccs1. The molecule has 2 amide bonds. The van der Waals surface area contributed by atoms with Gasteiger partial charge in [-0.1, -0.05) is 6.07 Å². The second-order valence-electron chi connectivity index (χ2n) is 5.15. The van der Waals surface area contributed by atoms with Crippen molar-refractivity contribution in [2.75, 3.05) is 33.4 Å². The fourth-order valence-corrected chi connectivity index (χ4v) is 3.18. The molecule has 1 aromatic rings. The molecule has 136 valence electrons. The summed E-state index contributed by atoms with van der Waals surface area (Å²) in [6.07, 6.45) is -0.162. The van der Waals surface area contributed by atoms with Crippen LogP contribution in [0.2, 0.25) is 0 Å². The van der Waals surface area contributed by atoms with Gasteiger partial charge in [0.25, 0.3) is 5.91 Å². The lowest BCUT2D eigenvalue weighted by molar-refractivity contribution is -0.148. The van der Waals surface area contributed by atoms with Crippen molar-refractivity contribution < 1.29 is 23.9 Å². The summed E-state index contributed by atoms with van der Waals surface area (Å²) in [5.74, 6) is -1.20. The molecule has 0 spiro atoms. The topological polar surface area (TPSA) is 97.0 Å². The molecule has 0 bridgehead atoms. The number of hydrogen-bond acceptors (Lipinski definition) is 7. The Kier molecular flexibility index (Phi) is 7.29. The number of carbonyl (C=O) groups excluding carboxylic acids is 3. The van der Waals surface area contributed by atoms with E-state index in [1.165, 1.54) is 23.3 Å². The summed E-state index contributed by atoms with van der Waals surface area (Å²) in [6.45, 7) is 1.17. The average molecular weight is 385 g/mol. The largest absolute Gasteiger partial charge is 0.463 e. The first-order valence-electron chi connectivity index (χ1n) is 7.60. The van der Waals surface area contributed by atoms with Gasteiger partial charge in [0, 0.05) is 20.2 Å². The van der Waals surface area contributed by atoms with Crippen molar-refractivity contribution in [2.24, 2.45) is 0 Å². The van der Waals surface area contributed by atoms with Gasteiger partial charge >= 0.3 is 5.97 Å². The lowest BCUT2D eigenvalue weighted by Crippen LogP contribution is -2.60. The number of nitrogens with zero attached hydrogens (tertiary/aromatic N) is 1. The van der Waals surface area contributed by atoms with Crippen LogP contribution in [-0.2, 0) is 19.1 Å². The van der Waals surface area contributed by atoms with E-state index in [1.807, 2.05) is 0 Å². The van der Waals surface area contributed by atoms with Gasteiger partial charge in [0.1, 0.15) is 12.6 Å². The predicted molar refractivity (Wildman–Crippen MR) is 95.3 cm³/mol. The molecule has 1 unspecified atom stereocenters. The van der Waals surface area contributed by atoms with E-state index >= 15 is 0 Å². The highest BCUT2D eigenvalue weighted by molar-refractivity contribution is 7.80. The van der Waals surface area contributed by atoms with Gasteiger partial charge in [0.2, 0.25) is 5.91 Å². The smallest absolute Gasteiger partial charge is 0.308 e. The van der Waals surface area contributed by atoms with Crippen LogP contribution in [0.5, 0.6) is 0 Å². The number of rotatable bonds is 6. The molecule has 2 heterocycles. The lowest BCUT2D eigenvalue weighted by atomic mass is 10.1. The maximum Gasteiger partial charge on any atom is 0.308 e. The Morgan fingerprint density at radius 1 is 1.48 bits per heavy atom. The van der Waals surface area contributed by atoms with Crippen molar-refractivity contribution in [1.82, 2.24) is 15.5 Å². The molecule has 2 rings (SSSR count). The minimum Gasteiger partial charge on any atom is -0.463 e. The molecule has 8 nitrogen and oxygen atoms in total. The number of thiocarbonyl (C=S) groups is 1. The van der Waals surface area contributed by atoms with Gasteiger partial charge in [-0.25, -0.2) is 0 Å².